The van der Waals surface area contributed by atoms with Crippen LogP contribution in [0.4, 0.5) is 0 Å². The number of amides is 1. The average molecular weight is 353 g/mol. The maximum Gasteiger partial charge on any atom is 0.288 e. The number of benzene rings is 1. The number of carbonyl (C=O) groups excluding carboxylic acids is 1. The lowest BCUT2D eigenvalue weighted by atomic mass is 10.2. The van der Waals surface area contributed by atoms with E-state index in [1.165, 1.54) is 0 Å². The topological polar surface area (TPSA) is 63.3 Å². The highest BCUT2D eigenvalue weighted by atomic mass is 35.5. The Hall–Kier alpha value is -1.70. The third kappa shape index (κ3) is 4.40. The summed E-state index contributed by atoms with van der Waals surface area (Å²) in [6, 6.07) is 7.54. The maximum atomic E-state index is 11.8. The van der Waals surface area contributed by atoms with Gasteiger partial charge in [-0.15, -0.1) is 5.10 Å². The van der Waals surface area contributed by atoms with Crippen molar-refractivity contribution in [1.82, 2.24) is 20.0 Å². The van der Waals surface area contributed by atoms with Gasteiger partial charge in [-0.3, -0.25) is 9.69 Å². The summed E-state index contributed by atoms with van der Waals surface area (Å²) < 4.78 is 7.08. The summed E-state index contributed by atoms with van der Waals surface area (Å²) in [4.78, 5) is 13.9. The van der Waals surface area contributed by atoms with Crippen LogP contribution in [-0.2, 0) is 11.5 Å². The van der Waals surface area contributed by atoms with Crippen molar-refractivity contribution >= 4 is 29.7 Å². The molecule has 0 radical (unpaired) electrons. The van der Waals surface area contributed by atoms with E-state index in [2.05, 4.69) is 10.4 Å². The van der Waals surface area contributed by atoms with Gasteiger partial charge in [-0.05, 0) is 56.4 Å². The lowest BCUT2D eigenvalue weighted by molar-refractivity contribution is -0.122. The standard InChI is InChI=1S/C15H17ClN4O2S/c1-19(8-13(21)17-12-6-7-12)9-20-15(23)22-14(18-20)10-2-4-11(16)5-3-10/h2-5,12H,6-9H2,1H3,(H,17,21). The molecule has 3 rings (SSSR count). The van der Waals surface area contributed by atoms with Crippen LogP contribution in [0, 0.1) is 4.84 Å². The van der Waals surface area contributed by atoms with E-state index in [0.717, 1.165) is 18.4 Å². The molecule has 0 aliphatic heterocycles. The molecular weight excluding hydrogens is 336 g/mol. The lowest BCUT2D eigenvalue weighted by Crippen LogP contribution is -2.37. The second-order valence-electron chi connectivity index (χ2n) is 5.68. The van der Waals surface area contributed by atoms with E-state index in [-0.39, 0.29) is 10.7 Å². The Kier molecular flexibility index (Phi) is 4.79. The zero-order valence-electron chi connectivity index (χ0n) is 12.7. The summed E-state index contributed by atoms with van der Waals surface area (Å²) in [5, 5.41) is 7.96. The van der Waals surface area contributed by atoms with Crippen molar-refractivity contribution in [3.63, 3.8) is 0 Å². The van der Waals surface area contributed by atoms with Crippen LogP contribution in [-0.4, -0.2) is 40.2 Å². The number of hydrogen-bond acceptors (Lipinski definition) is 5. The highest BCUT2D eigenvalue weighted by Crippen LogP contribution is 2.20. The minimum absolute atomic E-state index is 0.0166. The molecule has 0 saturated heterocycles. The summed E-state index contributed by atoms with van der Waals surface area (Å²) in [5.74, 6) is 0.449. The smallest absolute Gasteiger partial charge is 0.288 e. The Bertz CT molecular complexity index is 752. The molecule has 2 aromatic rings. The predicted molar refractivity (Wildman–Crippen MR) is 89.6 cm³/mol. The van der Waals surface area contributed by atoms with Crippen molar-refractivity contribution in [1.29, 1.82) is 0 Å². The fraction of sp³-hybridized carbons (Fsp3) is 0.400. The molecule has 6 nitrogen and oxygen atoms in total. The molecule has 1 heterocycles. The van der Waals surface area contributed by atoms with E-state index < -0.39 is 0 Å². The molecule has 1 saturated carbocycles. The van der Waals surface area contributed by atoms with Crippen LogP contribution in [0.3, 0.4) is 0 Å². The van der Waals surface area contributed by atoms with E-state index in [4.69, 9.17) is 28.2 Å². The Morgan fingerprint density at radius 2 is 2.17 bits per heavy atom. The van der Waals surface area contributed by atoms with Crippen LogP contribution >= 0.6 is 23.8 Å². The summed E-state index contributed by atoms with van der Waals surface area (Å²) in [6.45, 7) is 0.676. The normalized spacial score (nSPS) is 14.2. The largest absolute Gasteiger partial charge is 0.409 e. The van der Waals surface area contributed by atoms with E-state index >= 15 is 0 Å². The van der Waals surface area contributed by atoms with Crippen LogP contribution in [0.25, 0.3) is 11.5 Å². The van der Waals surface area contributed by atoms with Gasteiger partial charge in [-0.2, -0.15) is 0 Å². The van der Waals surface area contributed by atoms with Gasteiger partial charge in [0.25, 0.3) is 4.84 Å². The molecule has 1 aliphatic carbocycles. The van der Waals surface area contributed by atoms with Crippen molar-refractivity contribution in [2.45, 2.75) is 25.6 Å². The third-order valence-corrected chi connectivity index (χ3v) is 3.97. The first-order valence-electron chi connectivity index (χ1n) is 7.33. The average Bonchev–Trinajstić information content (AvgIpc) is 3.23. The number of aromatic nitrogens is 2. The highest BCUT2D eigenvalue weighted by Gasteiger charge is 2.23. The van der Waals surface area contributed by atoms with E-state index in [1.807, 2.05) is 24.1 Å². The molecule has 1 fully saturated rings. The number of rotatable bonds is 6. The van der Waals surface area contributed by atoms with Gasteiger partial charge in [0.15, 0.2) is 0 Å². The van der Waals surface area contributed by atoms with Gasteiger partial charge in [-0.1, -0.05) is 11.6 Å². The number of likely N-dealkylation sites (N-methyl/N-ethyl adjacent to an activating group) is 1. The zero-order chi connectivity index (χ0) is 16.4. The van der Waals surface area contributed by atoms with Gasteiger partial charge in [0, 0.05) is 16.6 Å². The molecule has 1 amide bonds. The van der Waals surface area contributed by atoms with Crippen LogP contribution in [0.5, 0.6) is 0 Å². The number of hydrogen-bond donors (Lipinski definition) is 1. The SMILES string of the molecule is CN(CC(=O)NC1CC1)Cn1nc(-c2ccc(Cl)cc2)oc1=S. The van der Waals surface area contributed by atoms with Gasteiger partial charge < -0.3 is 9.73 Å². The summed E-state index contributed by atoms with van der Waals surface area (Å²) in [7, 11) is 1.84. The molecule has 1 N–H and O–H groups in total. The first kappa shape index (κ1) is 16.2. The first-order chi connectivity index (χ1) is 11.0. The molecule has 0 bridgehead atoms. The van der Waals surface area contributed by atoms with Crippen molar-refractivity contribution < 1.29 is 9.21 Å². The number of nitrogens with one attached hydrogen (secondary N) is 1. The first-order valence-corrected chi connectivity index (χ1v) is 8.11. The van der Waals surface area contributed by atoms with Gasteiger partial charge in [0.05, 0.1) is 13.2 Å². The van der Waals surface area contributed by atoms with Crippen molar-refractivity contribution in [2.24, 2.45) is 0 Å². The van der Waals surface area contributed by atoms with Crippen LogP contribution in [0.15, 0.2) is 28.7 Å². The number of nitrogens with zero attached hydrogens (tertiary/aromatic N) is 3. The van der Waals surface area contributed by atoms with Gasteiger partial charge >= 0.3 is 0 Å². The lowest BCUT2D eigenvalue weighted by Gasteiger charge is -2.15. The zero-order valence-corrected chi connectivity index (χ0v) is 14.2. The van der Waals surface area contributed by atoms with Gasteiger partial charge in [-0.25, -0.2) is 4.68 Å². The Morgan fingerprint density at radius 3 is 2.83 bits per heavy atom. The van der Waals surface area contributed by atoms with E-state index in [9.17, 15) is 4.79 Å². The van der Waals surface area contributed by atoms with Gasteiger partial charge in [0.2, 0.25) is 11.8 Å². The maximum absolute atomic E-state index is 11.8. The highest BCUT2D eigenvalue weighted by molar-refractivity contribution is 7.71. The van der Waals surface area contributed by atoms with Crippen LogP contribution < -0.4 is 5.32 Å². The minimum atomic E-state index is 0.0166. The molecule has 122 valence electrons. The quantitative estimate of drug-likeness (QED) is 0.810. The van der Waals surface area contributed by atoms with Crippen LogP contribution in [0.1, 0.15) is 12.8 Å². The van der Waals surface area contributed by atoms with E-state index in [0.29, 0.717) is 30.2 Å². The predicted octanol–water partition coefficient (Wildman–Crippen LogP) is 2.69. The van der Waals surface area contributed by atoms with E-state index in [1.54, 1.807) is 16.8 Å². The molecule has 1 aliphatic rings. The molecular formula is C15H17ClN4O2S. The molecule has 1 aromatic heterocycles. The number of halogens is 1. The molecule has 0 atom stereocenters. The summed E-state index contributed by atoms with van der Waals surface area (Å²) in [6.07, 6.45) is 2.16. The fourth-order valence-electron chi connectivity index (χ4n) is 2.13. The van der Waals surface area contributed by atoms with Crippen molar-refractivity contribution in [3.8, 4) is 11.5 Å². The third-order valence-electron chi connectivity index (χ3n) is 3.43. The summed E-state index contributed by atoms with van der Waals surface area (Å²) >= 11 is 11.1. The van der Waals surface area contributed by atoms with Gasteiger partial charge in [0.1, 0.15) is 0 Å². The second kappa shape index (κ2) is 6.82. The fourth-order valence-corrected chi connectivity index (χ4v) is 2.43. The molecule has 0 spiro atoms. The Balaban J connectivity index is 1.64. The molecule has 1 aromatic carbocycles. The molecule has 23 heavy (non-hydrogen) atoms. The Morgan fingerprint density at radius 1 is 1.48 bits per heavy atom. The minimum Gasteiger partial charge on any atom is -0.409 e. The molecule has 0 unspecified atom stereocenters. The number of carbonyl (C=O) groups is 1. The van der Waals surface area contributed by atoms with Crippen LogP contribution in [0.2, 0.25) is 5.02 Å². The Labute approximate surface area is 144 Å². The second-order valence-corrected chi connectivity index (χ2v) is 6.46. The monoisotopic (exact) mass is 352 g/mol. The van der Waals surface area contributed by atoms with Crippen molar-refractivity contribution in [3.05, 3.63) is 34.1 Å². The van der Waals surface area contributed by atoms with Crippen molar-refractivity contribution in [2.75, 3.05) is 13.6 Å². The molecule has 8 heteroatoms. The summed E-state index contributed by atoms with van der Waals surface area (Å²) in [5.41, 5.74) is 0.799.